The number of aromatic hydroxyl groups is 1. The zero-order valence-electron chi connectivity index (χ0n) is 16.0. The number of aromatic nitrogens is 3. The first-order valence-corrected chi connectivity index (χ1v) is 9.45. The van der Waals surface area contributed by atoms with Crippen LogP contribution < -0.4 is 10.6 Å². The summed E-state index contributed by atoms with van der Waals surface area (Å²) in [5, 5.41) is 16.4. The van der Waals surface area contributed by atoms with Gasteiger partial charge < -0.3 is 20.3 Å². The number of imidazole rings is 1. The Kier molecular flexibility index (Phi) is 4.97. The van der Waals surface area contributed by atoms with Crippen LogP contribution in [0.4, 0.5) is 5.82 Å². The lowest BCUT2D eigenvalue weighted by molar-refractivity contribution is 0.475. The summed E-state index contributed by atoms with van der Waals surface area (Å²) in [6.07, 6.45) is 4.25. The molecule has 0 spiro atoms. The van der Waals surface area contributed by atoms with Crippen molar-refractivity contribution >= 4 is 11.7 Å². The number of aliphatic imine (C=N–C) groups is 1. The molecule has 7 nitrogen and oxygen atoms in total. The number of amidine groups is 1. The number of phenols is 1. The van der Waals surface area contributed by atoms with E-state index in [4.69, 9.17) is 4.99 Å². The first kappa shape index (κ1) is 18.0. The monoisotopic (exact) mass is 376 g/mol. The van der Waals surface area contributed by atoms with E-state index in [1.54, 1.807) is 18.3 Å². The van der Waals surface area contributed by atoms with Gasteiger partial charge in [0.1, 0.15) is 23.4 Å². The maximum atomic E-state index is 9.42. The SMILES string of the molecule is CC(C)n1cnc2c1NC(c1ccccn1)NC2=NCCc1ccc(O)cc1. The number of pyridine rings is 1. The Morgan fingerprint density at radius 2 is 1.93 bits per heavy atom. The van der Waals surface area contributed by atoms with Crippen molar-refractivity contribution < 1.29 is 5.11 Å². The largest absolute Gasteiger partial charge is 0.508 e. The van der Waals surface area contributed by atoms with Crippen LogP contribution in [0.25, 0.3) is 0 Å². The third kappa shape index (κ3) is 3.69. The number of phenolic OH excluding ortho intramolecular Hbond substituents is 1. The molecule has 1 unspecified atom stereocenters. The molecule has 0 saturated carbocycles. The molecule has 1 aromatic carbocycles. The Labute approximate surface area is 164 Å². The van der Waals surface area contributed by atoms with Crippen LogP contribution in [-0.4, -0.2) is 32.0 Å². The minimum atomic E-state index is -0.171. The van der Waals surface area contributed by atoms with E-state index in [0.717, 1.165) is 35.0 Å². The normalized spacial score (nSPS) is 17.2. The van der Waals surface area contributed by atoms with Crippen LogP contribution in [0.2, 0.25) is 0 Å². The molecular formula is C21H24N6O. The molecule has 0 saturated heterocycles. The molecule has 7 heteroatoms. The van der Waals surface area contributed by atoms with Crippen molar-refractivity contribution in [1.29, 1.82) is 0 Å². The Morgan fingerprint density at radius 1 is 1.11 bits per heavy atom. The van der Waals surface area contributed by atoms with Crippen LogP contribution >= 0.6 is 0 Å². The second-order valence-corrected chi connectivity index (χ2v) is 7.07. The maximum absolute atomic E-state index is 9.42. The molecule has 144 valence electrons. The van der Waals surface area contributed by atoms with E-state index in [2.05, 4.69) is 39.0 Å². The Morgan fingerprint density at radius 3 is 2.64 bits per heavy atom. The van der Waals surface area contributed by atoms with Crippen LogP contribution in [0, 0.1) is 0 Å². The average Bonchev–Trinajstić information content (AvgIpc) is 3.14. The fourth-order valence-corrected chi connectivity index (χ4v) is 3.22. The van der Waals surface area contributed by atoms with E-state index < -0.39 is 0 Å². The summed E-state index contributed by atoms with van der Waals surface area (Å²) in [6, 6.07) is 13.4. The second-order valence-electron chi connectivity index (χ2n) is 7.07. The lowest BCUT2D eigenvalue weighted by atomic mass is 10.1. The standard InChI is InChI=1S/C21H24N6O/c1-14(2)27-13-24-18-20(23-12-10-15-6-8-16(28)9-7-15)25-19(26-21(18)27)17-5-3-4-11-22-17/h3-9,11,13-14,19,26,28H,10,12H2,1-2H3,(H,23,25). The number of hydrogen-bond acceptors (Lipinski definition) is 5. The topological polar surface area (TPSA) is 87.4 Å². The molecule has 1 atom stereocenters. The van der Waals surface area contributed by atoms with Gasteiger partial charge in [-0.3, -0.25) is 9.98 Å². The van der Waals surface area contributed by atoms with E-state index in [1.807, 2.05) is 36.7 Å². The molecule has 0 radical (unpaired) electrons. The number of rotatable bonds is 5. The Bertz CT molecular complexity index is 962. The summed E-state index contributed by atoms with van der Waals surface area (Å²) < 4.78 is 2.11. The number of benzene rings is 1. The third-order valence-electron chi connectivity index (χ3n) is 4.73. The van der Waals surface area contributed by atoms with Crippen LogP contribution in [-0.2, 0) is 6.42 Å². The van der Waals surface area contributed by atoms with Crippen molar-refractivity contribution in [2.24, 2.45) is 4.99 Å². The van der Waals surface area contributed by atoms with E-state index >= 15 is 0 Å². The zero-order chi connectivity index (χ0) is 19.5. The molecule has 28 heavy (non-hydrogen) atoms. The summed E-state index contributed by atoms with van der Waals surface area (Å²) in [4.78, 5) is 13.8. The number of fused-ring (bicyclic) bond motifs is 1. The predicted octanol–water partition coefficient (Wildman–Crippen LogP) is 3.27. The first-order chi connectivity index (χ1) is 13.6. The van der Waals surface area contributed by atoms with Gasteiger partial charge in [0.15, 0.2) is 5.84 Å². The molecule has 4 rings (SSSR count). The molecule has 0 aliphatic carbocycles. The van der Waals surface area contributed by atoms with Gasteiger partial charge in [-0.05, 0) is 50.1 Å². The highest BCUT2D eigenvalue weighted by Gasteiger charge is 2.28. The summed E-state index contributed by atoms with van der Waals surface area (Å²) in [6.45, 7) is 4.88. The van der Waals surface area contributed by atoms with E-state index in [-0.39, 0.29) is 18.0 Å². The van der Waals surface area contributed by atoms with Gasteiger partial charge in [-0.15, -0.1) is 0 Å². The molecule has 1 aliphatic rings. The smallest absolute Gasteiger partial charge is 0.153 e. The molecule has 2 aromatic heterocycles. The molecule has 0 bridgehead atoms. The van der Waals surface area contributed by atoms with Crippen LogP contribution in [0.1, 0.15) is 43.0 Å². The minimum absolute atomic E-state index is 0.171. The van der Waals surface area contributed by atoms with Gasteiger partial charge in [0.25, 0.3) is 0 Å². The summed E-state index contributed by atoms with van der Waals surface area (Å²) in [5.74, 6) is 1.99. The number of hydrogen-bond donors (Lipinski definition) is 3. The summed E-state index contributed by atoms with van der Waals surface area (Å²) >= 11 is 0. The highest BCUT2D eigenvalue weighted by molar-refractivity contribution is 6.03. The van der Waals surface area contributed by atoms with E-state index in [1.165, 1.54) is 0 Å². The van der Waals surface area contributed by atoms with Crippen molar-refractivity contribution in [3.63, 3.8) is 0 Å². The van der Waals surface area contributed by atoms with Gasteiger partial charge in [0, 0.05) is 18.8 Å². The maximum Gasteiger partial charge on any atom is 0.153 e. The van der Waals surface area contributed by atoms with E-state index in [0.29, 0.717) is 6.54 Å². The van der Waals surface area contributed by atoms with Gasteiger partial charge >= 0.3 is 0 Å². The Balaban J connectivity index is 1.60. The van der Waals surface area contributed by atoms with Gasteiger partial charge in [-0.1, -0.05) is 18.2 Å². The fourth-order valence-electron chi connectivity index (χ4n) is 3.22. The molecule has 1 aliphatic heterocycles. The predicted molar refractivity (Wildman–Crippen MR) is 110 cm³/mol. The fraction of sp³-hybridized carbons (Fsp3) is 0.286. The van der Waals surface area contributed by atoms with Crippen molar-refractivity contribution in [3.05, 3.63) is 71.9 Å². The van der Waals surface area contributed by atoms with Crippen molar-refractivity contribution in [2.75, 3.05) is 11.9 Å². The molecule has 3 heterocycles. The average molecular weight is 376 g/mol. The van der Waals surface area contributed by atoms with Crippen LogP contribution in [0.3, 0.4) is 0 Å². The highest BCUT2D eigenvalue weighted by Crippen LogP contribution is 2.28. The molecule has 3 N–H and O–H groups in total. The first-order valence-electron chi connectivity index (χ1n) is 9.45. The van der Waals surface area contributed by atoms with E-state index in [9.17, 15) is 5.11 Å². The van der Waals surface area contributed by atoms with Crippen LogP contribution in [0.15, 0.2) is 60.0 Å². The molecule has 0 amide bonds. The number of anilines is 1. The molecular weight excluding hydrogens is 352 g/mol. The third-order valence-corrected chi connectivity index (χ3v) is 4.73. The number of nitrogens with zero attached hydrogens (tertiary/aromatic N) is 4. The lowest BCUT2D eigenvalue weighted by Crippen LogP contribution is -2.40. The van der Waals surface area contributed by atoms with Crippen LogP contribution in [0.5, 0.6) is 5.75 Å². The highest BCUT2D eigenvalue weighted by atomic mass is 16.3. The summed E-state index contributed by atoms with van der Waals surface area (Å²) in [7, 11) is 0. The van der Waals surface area contributed by atoms with Gasteiger partial charge in [0.05, 0.1) is 12.0 Å². The lowest BCUT2D eigenvalue weighted by Gasteiger charge is -2.29. The number of nitrogens with one attached hydrogen (secondary N) is 2. The van der Waals surface area contributed by atoms with Crippen molar-refractivity contribution in [3.8, 4) is 5.75 Å². The molecule has 0 fully saturated rings. The quantitative estimate of drug-likeness (QED) is 0.636. The zero-order valence-corrected chi connectivity index (χ0v) is 16.0. The van der Waals surface area contributed by atoms with Gasteiger partial charge in [0.2, 0.25) is 0 Å². The van der Waals surface area contributed by atoms with Gasteiger partial charge in [-0.2, -0.15) is 0 Å². The second kappa shape index (κ2) is 7.72. The summed E-state index contributed by atoms with van der Waals surface area (Å²) in [5.41, 5.74) is 2.85. The minimum Gasteiger partial charge on any atom is -0.508 e. The van der Waals surface area contributed by atoms with Gasteiger partial charge in [-0.25, -0.2) is 4.98 Å². The Hall–Kier alpha value is -3.35. The molecule has 3 aromatic rings. The van der Waals surface area contributed by atoms with Crippen molar-refractivity contribution in [1.82, 2.24) is 19.9 Å². The van der Waals surface area contributed by atoms with Crippen molar-refractivity contribution in [2.45, 2.75) is 32.5 Å².